The molecule has 0 spiro atoms. The van der Waals surface area contributed by atoms with Crippen LogP contribution in [0.1, 0.15) is 5.56 Å². The predicted molar refractivity (Wildman–Crippen MR) is 65.0 cm³/mol. The summed E-state index contributed by atoms with van der Waals surface area (Å²) >= 11 is 11.7. The molecule has 2 rings (SSSR count). The van der Waals surface area contributed by atoms with Crippen LogP contribution < -0.4 is 10.6 Å². The van der Waals surface area contributed by atoms with Crippen molar-refractivity contribution < 1.29 is 4.79 Å². The second-order valence-electron chi connectivity index (χ2n) is 3.85. The van der Waals surface area contributed by atoms with E-state index in [0.29, 0.717) is 16.5 Å². The number of carbonyl (C=O) groups excluding carboxylic acids is 1. The Labute approximate surface area is 104 Å². The lowest BCUT2D eigenvalue weighted by Gasteiger charge is -2.27. The van der Waals surface area contributed by atoms with Crippen molar-refractivity contribution in [1.29, 1.82) is 0 Å². The molecule has 1 aliphatic heterocycles. The molecule has 1 amide bonds. The summed E-state index contributed by atoms with van der Waals surface area (Å²) in [6.07, 6.45) is 0.341. The number of hydrogen-bond acceptors (Lipinski definition) is 2. The zero-order chi connectivity index (χ0) is 11.5. The summed E-state index contributed by atoms with van der Waals surface area (Å²) < 4.78 is 0. The normalized spacial score (nSPS) is 15.6. The van der Waals surface area contributed by atoms with Crippen LogP contribution in [0.3, 0.4) is 0 Å². The maximum absolute atomic E-state index is 11.6. The second kappa shape index (κ2) is 5.04. The molecule has 1 fully saturated rings. The van der Waals surface area contributed by atoms with Gasteiger partial charge in [-0.15, -0.1) is 0 Å². The first-order valence-corrected chi connectivity index (χ1v) is 5.85. The summed E-state index contributed by atoms with van der Waals surface area (Å²) in [6, 6.07) is 5.52. The average Bonchev–Trinajstić information content (AvgIpc) is 2.18. The zero-order valence-electron chi connectivity index (χ0n) is 8.59. The maximum Gasteiger partial charge on any atom is 0.224 e. The molecule has 1 aliphatic rings. The highest BCUT2D eigenvalue weighted by atomic mass is 35.5. The number of amides is 1. The number of hydrogen-bond donors (Lipinski definition) is 2. The Balaban J connectivity index is 1.92. The quantitative estimate of drug-likeness (QED) is 0.866. The summed E-state index contributed by atoms with van der Waals surface area (Å²) in [6.45, 7) is 1.71. The molecule has 0 aromatic heterocycles. The lowest BCUT2D eigenvalue weighted by atomic mass is 10.1. The highest BCUT2D eigenvalue weighted by molar-refractivity contribution is 6.42. The summed E-state index contributed by atoms with van der Waals surface area (Å²) in [4.78, 5) is 11.6. The number of halogens is 2. The standard InChI is InChI=1S/C11H12Cl2N2O/c12-9-2-1-7(3-10(9)13)4-11(16)15-8-5-14-6-8/h1-3,8,14H,4-6H2,(H,15,16). The molecule has 0 aliphatic carbocycles. The van der Waals surface area contributed by atoms with Crippen LogP contribution in [0.15, 0.2) is 18.2 Å². The van der Waals surface area contributed by atoms with Crippen LogP contribution in [-0.4, -0.2) is 25.0 Å². The first kappa shape index (κ1) is 11.7. The van der Waals surface area contributed by atoms with E-state index in [2.05, 4.69) is 10.6 Å². The lowest BCUT2D eigenvalue weighted by molar-refractivity contribution is -0.121. The van der Waals surface area contributed by atoms with E-state index in [4.69, 9.17) is 23.2 Å². The molecule has 16 heavy (non-hydrogen) atoms. The van der Waals surface area contributed by atoms with E-state index in [0.717, 1.165) is 18.7 Å². The predicted octanol–water partition coefficient (Wildman–Crippen LogP) is 1.62. The zero-order valence-corrected chi connectivity index (χ0v) is 10.1. The van der Waals surface area contributed by atoms with E-state index >= 15 is 0 Å². The molecular formula is C11H12Cl2N2O. The largest absolute Gasteiger partial charge is 0.351 e. The molecule has 86 valence electrons. The molecule has 1 aromatic rings. The highest BCUT2D eigenvalue weighted by Gasteiger charge is 2.18. The van der Waals surface area contributed by atoms with Crippen molar-refractivity contribution in [2.45, 2.75) is 12.5 Å². The third kappa shape index (κ3) is 2.88. The monoisotopic (exact) mass is 258 g/mol. The molecular weight excluding hydrogens is 247 g/mol. The number of nitrogens with one attached hydrogen (secondary N) is 2. The fourth-order valence-electron chi connectivity index (χ4n) is 1.50. The van der Waals surface area contributed by atoms with Gasteiger partial charge < -0.3 is 10.6 Å². The second-order valence-corrected chi connectivity index (χ2v) is 4.66. The van der Waals surface area contributed by atoms with Crippen molar-refractivity contribution in [3.05, 3.63) is 33.8 Å². The minimum atomic E-state index is 0.0184. The third-order valence-corrected chi connectivity index (χ3v) is 3.23. The molecule has 3 nitrogen and oxygen atoms in total. The van der Waals surface area contributed by atoms with E-state index in [1.54, 1.807) is 12.1 Å². The number of carbonyl (C=O) groups is 1. The van der Waals surface area contributed by atoms with Crippen LogP contribution in [0.5, 0.6) is 0 Å². The first-order chi connectivity index (χ1) is 7.65. The molecule has 0 atom stereocenters. The first-order valence-electron chi connectivity index (χ1n) is 5.09. The summed E-state index contributed by atoms with van der Waals surface area (Å²) in [5.41, 5.74) is 0.874. The van der Waals surface area contributed by atoms with Gasteiger partial charge in [-0.05, 0) is 17.7 Å². The Morgan fingerprint density at radius 2 is 2.12 bits per heavy atom. The fourth-order valence-corrected chi connectivity index (χ4v) is 1.83. The summed E-state index contributed by atoms with van der Waals surface area (Å²) in [7, 11) is 0. The van der Waals surface area contributed by atoms with Gasteiger partial charge in [-0.3, -0.25) is 4.79 Å². The summed E-state index contributed by atoms with van der Waals surface area (Å²) in [5.74, 6) is 0.0184. The SMILES string of the molecule is O=C(Cc1ccc(Cl)c(Cl)c1)NC1CNC1. The fraction of sp³-hybridized carbons (Fsp3) is 0.364. The molecule has 0 unspecified atom stereocenters. The molecule has 5 heteroatoms. The van der Waals surface area contributed by atoms with Gasteiger partial charge in [0.15, 0.2) is 0 Å². The van der Waals surface area contributed by atoms with Gasteiger partial charge in [0.25, 0.3) is 0 Å². The van der Waals surface area contributed by atoms with Crippen molar-refractivity contribution >= 4 is 29.1 Å². The van der Waals surface area contributed by atoms with Crippen molar-refractivity contribution in [3.63, 3.8) is 0 Å². The Kier molecular flexibility index (Phi) is 3.69. The third-order valence-electron chi connectivity index (χ3n) is 2.50. The molecule has 0 saturated carbocycles. The van der Waals surface area contributed by atoms with E-state index < -0.39 is 0 Å². The molecule has 1 aromatic carbocycles. The van der Waals surface area contributed by atoms with Gasteiger partial charge in [0.2, 0.25) is 5.91 Å². The van der Waals surface area contributed by atoms with Crippen molar-refractivity contribution in [2.75, 3.05) is 13.1 Å². The molecule has 1 heterocycles. The summed E-state index contributed by atoms with van der Waals surface area (Å²) in [5, 5.41) is 7.01. The van der Waals surface area contributed by atoms with Gasteiger partial charge in [0.1, 0.15) is 0 Å². The van der Waals surface area contributed by atoms with Crippen molar-refractivity contribution in [3.8, 4) is 0 Å². The Hall–Kier alpha value is -0.770. The number of rotatable bonds is 3. The molecule has 0 radical (unpaired) electrons. The van der Waals surface area contributed by atoms with Crippen LogP contribution in [0.4, 0.5) is 0 Å². The van der Waals surface area contributed by atoms with Gasteiger partial charge in [-0.25, -0.2) is 0 Å². The van der Waals surface area contributed by atoms with Gasteiger partial charge >= 0.3 is 0 Å². The molecule has 1 saturated heterocycles. The van der Waals surface area contributed by atoms with E-state index in [-0.39, 0.29) is 11.9 Å². The van der Waals surface area contributed by atoms with Crippen molar-refractivity contribution in [1.82, 2.24) is 10.6 Å². The average molecular weight is 259 g/mol. The van der Waals surface area contributed by atoms with Crippen molar-refractivity contribution in [2.24, 2.45) is 0 Å². The van der Waals surface area contributed by atoms with E-state index in [1.165, 1.54) is 0 Å². The smallest absolute Gasteiger partial charge is 0.224 e. The topological polar surface area (TPSA) is 41.1 Å². The minimum absolute atomic E-state index is 0.0184. The van der Waals surface area contributed by atoms with Crippen LogP contribution in [0.2, 0.25) is 10.0 Å². The van der Waals surface area contributed by atoms with Crippen LogP contribution in [0, 0.1) is 0 Å². The Morgan fingerprint density at radius 3 is 2.69 bits per heavy atom. The van der Waals surface area contributed by atoms with Crippen LogP contribution in [-0.2, 0) is 11.2 Å². The Bertz CT molecular complexity index is 405. The van der Waals surface area contributed by atoms with E-state index in [9.17, 15) is 4.79 Å². The number of benzene rings is 1. The van der Waals surface area contributed by atoms with Gasteiger partial charge in [0.05, 0.1) is 22.5 Å². The Morgan fingerprint density at radius 1 is 1.38 bits per heavy atom. The lowest BCUT2D eigenvalue weighted by Crippen LogP contribution is -2.57. The van der Waals surface area contributed by atoms with Crippen LogP contribution >= 0.6 is 23.2 Å². The minimum Gasteiger partial charge on any atom is -0.351 e. The van der Waals surface area contributed by atoms with Gasteiger partial charge in [-0.1, -0.05) is 29.3 Å². The van der Waals surface area contributed by atoms with Gasteiger partial charge in [0, 0.05) is 13.1 Å². The maximum atomic E-state index is 11.6. The molecule has 2 N–H and O–H groups in total. The highest BCUT2D eigenvalue weighted by Crippen LogP contribution is 2.22. The molecule has 0 bridgehead atoms. The van der Waals surface area contributed by atoms with Crippen LogP contribution in [0.25, 0.3) is 0 Å². The van der Waals surface area contributed by atoms with E-state index in [1.807, 2.05) is 6.07 Å². The van der Waals surface area contributed by atoms with Gasteiger partial charge in [-0.2, -0.15) is 0 Å².